The van der Waals surface area contributed by atoms with Crippen molar-refractivity contribution >= 4 is 18.5 Å². The summed E-state index contributed by atoms with van der Waals surface area (Å²) in [5.74, 6) is -1.63. The lowest BCUT2D eigenvalue weighted by atomic mass is 10.1. The number of nitrogens with one attached hydrogen (secondary N) is 1. The average Bonchev–Trinajstić information content (AvgIpc) is 2.65. The Balaban J connectivity index is 0.00000144. The minimum Gasteiger partial charge on any atom is -0.494 e. The smallest absolute Gasteiger partial charge is 0.407 e. The maximum Gasteiger partial charge on any atom is 0.407 e. The lowest BCUT2D eigenvalue weighted by Gasteiger charge is -2.12. The molecule has 1 aromatic rings. The molecule has 1 aliphatic rings. The van der Waals surface area contributed by atoms with Gasteiger partial charge in [-0.25, -0.2) is 13.6 Å². The zero-order valence-corrected chi connectivity index (χ0v) is 9.64. The Labute approximate surface area is 102 Å². The molecule has 1 fully saturated rings. The molecule has 94 valence electrons. The molecule has 1 saturated heterocycles. The van der Waals surface area contributed by atoms with Crippen molar-refractivity contribution in [2.75, 3.05) is 13.7 Å². The van der Waals surface area contributed by atoms with E-state index in [9.17, 15) is 13.6 Å². The Morgan fingerprint density at radius 1 is 1.47 bits per heavy atom. The number of methoxy groups -OCH3 is 1. The van der Waals surface area contributed by atoms with Crippen molar-refractivity contribution in [2.45, 2.75) is 6.04 Å². The number of amides is 1. The Morgan fingerprint density at radius 2 is 2.18 bits per heavy atom. The second-order valence-electron chi connectivity index (χ2n) is 3.27. The topological polar surface area (TPSA) is 47.6 Å². The number of carbonyl (C=O) groups is 1. The first-order valence-corrected chi connectivity index (χ1v) is 4.58. The number of hydrogen-bond donors (Lipinski definition) is 1. The molecule has 0 aliphatic carbocycles. The van der Waals surface area contributed by atoms with Crippen LogP contribution in [0.15, 0.2) is 12.1 Å². The molecule has 1 aliphatic heterocycles. The van der Waals surface area contributed by atoms with Gasteiger partial charge in [-0.3, -0.25) is 0 Å². The Morgan fingerprint density at radius 3 is 2.71 bits per heavy atom. The summed E-state index contributed by atoms with van der Waals surface area (Å²) in [7, 11) is 1.28. The van der Waals surface area contributed by atoms with E-state index < -0.39 is 23.8 Å². The molecule has 0 bridgehead atoms. The predicted molar refractivity (Wildman–Crippen MR) is 57.4 cm³/mol. The minimum absolute atomic E-state index is 0. The van der Waals surface area contributed by atoms with Crippen LogP contribution in [0, 0.1) is 11.6 Å². The molecule has 2 rings (SSSR count). The standard InChI is InChI=1S/C10H9F2NO3.ClH/c1-15-7-3-2-5(11)8(9(7)12)6-4-16-10(14)13-6;/h2-3,6H,4H2,1H3,(H,13,14);1H/t6-;/m0./s1. The quantitative estimate of drug-likeness (QED) is 0.892. The van der Waals surface area contributed by atoms with Gasteiger partial charge in [0.2, 0.25) is 0 Å². The molecular formula is C10H10ClF2NO3. The van der Waals surface area contributed by atoms with Crippen molar-refractivity contribution in [3.05, 3.63) is 29.3 Å². The molecule has 1 aromatic carbocycles. The minimum atomic E-state index is -0.821. The Bertz CT molecular complexity index is 442. The summed E-state index contributed by atoms with van der Waals surface area (Å²) >= 11 is 0. The van der Waals surface area contributed by atoms with E-state index in [1.54, 1.807) is 0 Å². The van der Waals surface area contributed by atoms with Crippen LogP contribution < -0.4 is 10.1 Å². The first-order chi connectivity index (χ1) is 7.63. The van der Waals surface area contributed by atoms with Crippen LogP contribution in [0.2, 0.25) is 0 Å². The number of alkyl carbamates (subject to hydrolysis) is 1. The highest BCUT2D eigenvalue weighted by molar-refractivity contribution is 5.85. The SMILES string of the molecule is COc1ccc(F)c([C@@H]2COC(=O)N2)c1F.Cl. The Kier molecular flexibility index (Phi) is 4.11. The van der Waals surface area contributed by atoms with Gasteiger partial charge in [-0.05, 0) is 12.1 Å². The molecular weight excluding hydrogens is 256 g/mol. The van der Waals surface area contributed by atoms with E-state index in [2.05, 4.69) is 10.1 Å². The van der Waals surface area contributed by atoms with Gasteiger partial charge < -0.3 is 14.8 Å². The van der Waals surface area contributed by atoms with Gasteiger partial charge in [0.1, 0.15) is 12.4 Å². The molecule has 1 amide bonds. The number of hydrogen-bond acceptors (Lipinski definition) is 3. The molecule has 4 nitrogen and oxygen atoms in total. The molecule has 7 heteroatoms. The highest BCUT2D eigenvalue weighted by atomic mass is 35.5. The summed E-state index contributed by atoms with van der Waals surface area (Å²) in [6.45, 7) is -0.0974. The van der Waals surface area contributed by atoms with Crippen molar-refractivity contribution < 1.29 is 23.0 Å². The van der Waals surface area contributed by atoms with Crippen LogP contribution in [-0.2, 0) is 4.74 Å². The normalized spacial score (nSPS) is 18.1. The third-order valence-electron chi connectivity index (χ3n) is 2.33. The van der Waals surface area contributed by atoms with Crippen molar-refractivity contribution in [1.82, 2.24) is 5.32 Å². The second kappa shape index (κ2) is 5.18. The lowest BCUT2D eigenvalue weighted by molar-refractivity contribution is 0.176. The van der Waals surface area contributed by atoms with Crippen LogP contribution in [0.1, 0.15) is 11.6 Å². The van der Waals surface area contributed by atoms with Crippen molar-refractivity contribution in [1.29, 1.82) is 0 Å². The second-order valence-corrected chi connectivity index (χ2v) is 3.27. The van der Waals surface area contributed by atoms with Gasteiger partial charge in [-0.15, -0.1) is 12.4 Å². The van der Waals surface area contributed by atoms with Gasteiger partial charge >= 0.3 is 6.09 Å². The summed E-state index contributed by atoms with van der Waals surface area (Å²) in [6.07, 6.45) is -0.688. The van der Waals surface area contributed by atoms with Crippen LogP contribution in [0.5, 0.6) is 5.75 Å². The zero-order valence-electron chi connectivity index (χ0n) is 8.83. The van der Waals surface area contributed by atoms with E-state index in [0.29, 0.717) is 0 Å². The maximum atomic E-state index is 13.7. The Hall–Kier alpha value is -1.56. The third-order valence-corrected chi connectivity index (χ3v) is 2.33. The number of benzene rings is 1. The summed E-state index contributed by atoms with van der Waals surface area (Å²) in [4.78, 5) is 10.8. The fourth-order valence-corrected chi connectivity index (χ4v) is 1.57. The van der Waals surface area contributed by atoms with E-state index in [-0.39, 0.29) is 30.3 Å². The van der Waals surface area contributed by atoms with Gasteiger partial charge in [0.15, 0.2) is 11.6 Å². The van der Waals surface area contributed by atoms with Gasteiger partial charge in [0.05, 0.1) is 18.7 Å². The van der Waals surface area contributed by atoms with E-state index in [1.807, 2.05) is 0 Å². The summed E-state index contributed by atoms with van der Waals surface area (Å²) in [6, 6.07) is 1.45. The van der Waals surface area contributed by atoms with Crippen LogP contribution >= 0.6 is 12.4 Å². The highest BCUT2D eigenvalue weighted by Gasteiger charge is 2.30. The lowest BCUT2D eigenvalue weighted by Crippen LogP contribution is -2.20. The fraction of sp³-hybridized carbons (Fsp3) is 0.300. The maximum absolute atomic E-state index is 13.7. The van der Waals surface area contributed by atoms with Crippen LogP contribution in [-0.4, -0.2) is 19.8 Å². The number of carbonyl (C=O) groups excluding carboxylic acids is 1. The number of cyclic esters (lactones) is 1. The molecule has 17 heavy (non-hydrogen) atoms. The monoisotopic (exact) mass is 265 g/mol. The zero-order chi connectivity index (χ0) is 11.7. The summed E-state index contributed by atoms with van der Waals surface area (Å²) in [5, 5.41) is 2.31. The largest absolute Gasteiger partial charge is 0.494 e. The van der Waals surface area contributed by atoms with Gasteiger partial charge in [-0.2, -0.15) is 0 Å². The number of rotatable bonds is 2. The molecule has 0 radical (unpaired) electrons. The molecule has 0 spiro atoms. The number of ether oxygens (including phenoxy) is 2. The average molecular weight is 266 g/mol. The van der Waals surface area contributed by atoms with E-state index in [1.165, 1.54) is 13.2 Å². The van der Waals surface area contributed by atoms with Gasteiger partial charge in [0.25, 0.3) is 0 Å². The van der Waals surface area contributed by atoms with Crippen LogP contribution in [0.3, 0.4) is 0 Å². The van der Waals surface area contributed by atoms with Crippen molar-refractivity contribution in [3.63, 3.8) is 0 Å². The van der Waals surface area contributed by atoms with Crippen molar-refractivity contribution in [2.24, 2.45) is 0 Å². The van der Waals surface area contributed by atoms with E-state index >= 15 is 0 Å². The van der Waals surface area contributed by atoms with Crippen LogP contribution in [0.25, 0.3) is 0 Å². The van der Waals surface area contributed by atoms with Crippen molar-refractivity contribution in [3.8, 4) is 5.75 Å². The molecule has 1 N–H and O–H groups in total. The van der Waals surface area contributed by atoms with Gasteiger partial charge in [-0.1, -0.05) is 0 Å². The molecule has 1 heterocycles. The van der Waals surface area contributed by atoms with E-state index in [0.717, 1.165) is 6.07 Å². The number of halogens is 3. The summed E-state index contributed by atoms with van der Waals surface area (Å²) < 4.78 is 36.5. The molecule has 1 atom stereocenters. The first kappa shape index (κ1) is 13.5. The molecule has 0 saturated carbocycles. The van der Waals surface area contributed by atoms with Gasteiger partial charge in [0, 0.05) is 0 Å². The molecule has 0 aromatic heterocycles. The first-order valence-electron chi connectivity index (χ1n) is 4.58. The third kappa shape index (κ3) is 2.41. The fourth-order valence-electron chi connectivity index (χ4n) is 1.57. The van der Waals surface area contributed by atoms with E-state index in [4.69, 9.17) is 4.74 Å². The molecule has 0 unspecified atom stereocenters. The highest BCUT2D eigenvalue weighted by Crippen LogP contribution is 2.29. The predicted octanol–water partition coefficient (Wildman–Crippen LogP) is 2.18. The summed E-state index contributed by atoms with van der Waals surface area (Å²) in [5.41, 5.74) is -0.245. The van der Waals surface area contributed by atoms with Crippen LogP contribution in [0.4, 0.5) is 13.6 Å².